The average Bonchev–Trinajstić information content (AvgIpc) is 2.76. The van der Waals surface area contributed by atoms with E-state index in [4.69, 9.17) is 11.6 Å². The second kappa shape index (κ2) is 5.83. The number of rotatable bonds is 2. The molecule has 92 valence electrons. The number of hydrogen-bond donors (Lipinski definition) is 0. The fourth-order valence-electron chi connectivity index (χ4n) is 1.88. The van der Waals surface area contributed by atoms with E-state index in [-0.39, 0.29) is 17.0 Å². The molecular weight excluding hydrogens is 330 g/mol. The highest BCUT2D eigenvalue weighted by Crippen LogP contribution is 2.16. The van der Waals surface area contributed by atoms with E-state index >= 15 is 0 Å². The molecule has 0 atom stereocenters. The number of aromatic nitrogens is 1. The van der Waals surface area contributed by atoms with Crippen molar-refractivity contribution in [2.45, 2.75) is 6.54 Å². The first kappa shape index (κ1) is 13.5. The van der Waals surface area contributed by atoms with E-state index in [9.17, 15) is 0 Å². The van der Waals surface area contributed by atoms with Crippen LogP contribution in [0.15, 0.2) is 54.0 Å². The summed E-state index contributed by atoms with van der Waals surface area (Å²) in [5, 5.41) is 0.786. The van der Waals surface area contributed by atoms with Gasteiger partial charge in [0.2, 0.25) is 11.0 Å². The summed E-state index contributed by atoms with van der Waals surface area (Å²) in [5.74, 6) is 0. The van der Waals surface area contributed by atoms with Gasteiger partial charge in [0.25, 0.3) is 0 Å². The van der Waals surface area contributed by atoms with Crippen LogP contribution in [0.5, 0.6) is 0 Å². The minimum atomic E-state index is 0. The summed E-state index contributed by atoms with van der Waals surface area (Å²) in [4.78, 5) is 0. The Bertz CT molecular complexity index is 648. The number of fused-ring (bicyclic) bond motifs is 1. The molecule has 1 aromatic heterocycles. The Morgan fingerprint density at radius 2 is 1.72 bits per heavy atom. The Morgan fingerprint density at radius 3 is 2.50 bits per heavy atom. The molecule has 3 rings (SSSR count). The normalized spacial score (nSPS) is 10.3. The van der Waals surface area contributed by atoms with Gasteiger partial charge in [-0.25, -0.2) is 0 Å². The second-order valence-electron chi connectivity index (χ2n) is 3.95. The minimum Gasteiger partial charge on any atom is -1.00 e. The summed E-state index contributed by atoms with van der Waals surface area (Å²) in [6.07, 6.45) is 0. The third kappa shape index (κ3) is 2.74. The number of para-hydroxylation sites is 1. The van der Waals surface area contributed by atoms with Gasteiger partial charge in [-0.2, -0.15) is 4.57 Å². The molecule has 0 radical (unpaired) electrons. The van der Waals surface area contributed by atoms with Crippen molar-refractivity contribution < 1.29 is 21.5 Å². The quantitative estimate of drug-likeness (QED) is 0.610. The van der Waals surface area contributed by atoms with Gasteiger partial charge in [-0.15, -0.1) is 0 Å². The molecule has 0 N–H and O–H groups in total. The summed E-state index contributed by atoms with van der Waals surface area (Å²) in [5.41, 5.74) is 4.72. The van der Waals surface area contributed by atoms with Crippen molar-refractivity contribution in [2.75, 3.05) is 0 Å². The summed E-state index contributed by atoms with van der Waals surface area (Å²) < 4.78 is 3.59. The number of hydrogen-bond acceptors (Lipinski definition) is 1. The highest BCUT2D eigenvalue weighted by molar-refractivity contribution is 7.16. The predicted molar refractivity (Wildman–Crippen MR) is 72.6 cm³/mol. The molecule has 2 aromatic carbocycles. The molecule has 0 spiro atoms. The Morgan fingerprint density at radius 1 is 1.00 bits per heavy atom. The van der Waals surface area contributed by atoms with Gasteiger partial charge >= 0.3 is 0 Å². The zero-order chi connectivity index (χ0) is 11.7. The van der Waals surface area contributed by atoms with Gasteiger partial charge in [-0.1, -0.05) is 47.2 Å². The lowest BCUT2D eigenvalue weighted by Crippen LogP contribution is -3.00. The lowest BCUT2D eigenvalue weighted by Gasteiger charge is -1.96. The van der Waals surface area contributed by atoms with Crippen LogP contribution in [0.3, 0.4) is 0 Å². The zero-order valence-electron chi connectivity index (χ0n) is 9.51. The van der Waals surface area contributed by atoms with E-state index in [1.165, 1.54) is 15.8 Å². The first-order chi connectivity index (χ1) is 8.33. The molecule has 0 aliphatic heterocycles. The van der Waals surface area contributed by atoms with E-state index in [2.05, 4.69) is 46.5 Å². The van der Waals surface area contributed by atoms with E-state index in [1.54, 1.807) is 11.3 Å². The van der Waals surface area contributed by atoms with E-state index in [0.717, 1.165) is 11.6 Å². The lowest BCUT2D eigenvalue weighted by atomic mass is 10.2. The largest absolute Gasteiger partial charge is 1.00 e. The van der Waals surface area contributed by atoms with Crippen LogP contribution in [0.4, 0.5) is 0 Å². The first-order valence-corrected chi connectivity index (χ1v) is 6.69. The molecule has 0 aliphatic rings. The molecular formula is C14H11BrClNS. The van der Waals surface area contributed by atoms with Crippen molar-refractivity contribution in [3.8, 4) is 0 Å². The van der Waals surface area contributed by atoms with Gasteiger partial charge in [0.05, 0.1) is 0 Å². The standard InChI is InChI=1S/C14H11ClNS.BrH/c15-12-7-5-11(6-8-12)9-16-10-17-14-4-2-1-3-13(14)16;/h1-8,10H,9H2;1H/q+1;/p-1. The van der Waals surface area contributed by atoms with Crippen molar-refractivity contribution in [1.29, 1.82) is 0 Å². The maximum absolute atomic E-state index is 5.88. The number of thiazole rings is 1. The molecule has 4 heteroatoms. The zero-order valence-corrected chi connectivity index (χ0v) is 12.7. The predicted octanol–water partition coefficient (Wildman–Crippen LogP) is 0.894. The van der Waals surface area contributed by atoms with Crippen LogP contribution >= 0.6 is 22.9 Å². The van der Waals surface area contributed by atoms with Crippen molar-refractivity contribution >= 4 is 33.2 Å². The Labute approximate surface area is 125 Å². The van der Waals surface area contributed by atoms with Crippen LogP contribution in [0.2, 0.25) is 5.02 Å². The van der Waals surface area contributed by atoms with Gasteiger partial charge in [0, 0.05) is 16.7 Å². The van der Waals surface area contributed by atoms with Crippen molar-refractivity contribution in [3.63, 3.8) is 0 Å². The lowest BCUT2D eigenvalue weighted by molar-refractivity contribution is -0.658. The smallest absolute Gasteiger partial charge is 0.226 e. The minimum absolute atomic E-state index is 0. The SMILES string of the molecule is Clc1ccc(C[n+]2csc3ccccc32)cc1.[Br-]. The highest BCUT2D eigenvalue weighted by atomic mass is 79.9. The Kier molecular flexibility index (Phi) is 4.38. The number of nitrogens with zero attached hydrogens (tertiary/aromatic N) is 1. The number of halogens is 2. The fourth-order valence-corrected chi connectivity index (χ4v) is 2.90. The summed E-state index contributed by atoms with van der Waals surface area (Å²) in [7, 11) is 0. The third-order valence-electron chi connectivity index (χ3n) is 2.75. The molecule has 0 fully saturated rings. The van der Waals surface area contributed by atoms with Crippen molar-refractivity contribution in [2.24, 2.45) is 0 Å². The molecule has 1 heterocycles. The van der Waals surface area contributed by atoms with Crippen LogP contribution < -0.4 is 21.5 Å². The molecule has 0 aliphatic carbocycles. The molecule has 1 nitrogen and oxygen atoms in total. The molecule has 0 unspecified atom stereocenters. The first-order valence-electron chi connectivity index (χ1n) is 5.43. The second-order valence-corrected chi connectivity index (χ2v) is 5.27. The Balaban J connectivity index is 0.00000120. The summed E-state index contributed by atoms with van der Waals surface area (Å²) in [6.45, 7) is 0.890. The van der Waals surface area contributed by atoms with Gasteiger partial charge in [0.1, 0.15) is 4.70 Å². The molecule has 0 amide bonds. The van der Waals surface area contributed by atoms with Crippen LogP contribution in [0.1, 0.15) is 5.56 Å². The van der Waals surface area contributed by atoms with Crippen molar-refractivity contribution in [3.05, 3.63) is 64.6 Å². The van der Waals surface area contributed by atoms with Gasteiger partial charge in [-0.05, 0) is 18.2 Å². The van der Waals surface area contributed by atoms with Crippen LogP contribution in [-0.4, -0.2) is 0 Å². The topological polar surface area (TPSA) is 3.88 Å². The average molecular weight is 341 g/mol. The van der Waals surface area contributed by atoms with Gasteiger partial charge < -0.3 is 17.0 Å². The van der Waals surface area contributed by atoms with Crippen LogP contribution in [-0.2, 0) is 6.54 Å². The van der Waals surface area contributed by atoms with E-state index < -0.39 is 0 Å². The molecule has 0 saturated heterocycles. The van der Waals surface area contributed by atoms with Crippen molar-refractivity contribution in [1.82, 2.24) is 0 Å². The summed E-state index contributed by atoms with van der Waals surface area (Å²) in [6, 6.07) is 16.5. The monoisotopic (exact) mass is 339 g/mol. The maximum Gasteiger partial charge on any atom is 0.226 e. The van der Waals surface area contributed by atoms with Gasteiger partial charge in [0.15, 0.2) is 6.54 Å². The fraction of sp³-hybridized carbons (Fsp3) is 0.0714. The van der Waals surface area contributed by atoms with E-state index in [0.29, 0.717) is 0 Å². The molecule has 18 heavy (non-hydrogen) atoms. The number of benzene rings is 2. The highest BCUT2D eigenvalue weighted by Gasteiger charge is 2.11. The third-order valence-corrected chi connectivity index (χ3v) is 3.96. The molecule has 0 saturated carbocycles. The molecule has 3 aromatic rings. The summed E-state index contributed by atoms with van der Waals surface area (Å²) >= 11 is 7.66. The molecule has 0 bridgehead atoms. The van der Waals surface area contributed by atoms with Gasteiger partial charge in [-0.3, -0.25) is 0 Å². The Hall–Kier alpha value is -0.900. The van der Waals surface area contributed by atoms with E-state index in [1.807, 2.05) is 12.1 Å². The van der Waals surface area contributed by atoms with Crippen LogP contribution in [0, 0.1) is 0 Å². The van der Waals surface area contributed by atoms with Crippen LogP contribution in [0.25, 0.3) is 10.2 Å². The maximum atomic E-state index is 5.88.